The Morgan fingerprint density at radius 2 is 2.27 bits per heavy atom. The SMILES string of the molecule is C#CCN1C(=O)CCc2cccc(Cl)c21. The minimum absolute atomic E-state index is 0.0496. The van der Waals surface area contributed by atoms with Crippen molar-refractivity contribution in [2.75, 3.05) is 11.4 Å². The van der Waals surface area contributed by atoms with E-state index in [2.05, 4.69) is 5.92 Å². The maximum absolute atomic E-state index is 11.7. The molecule has 1 aromatic rings. The smallest absolute Gasteiger partial charge is 0.228 e. The molecule has 1 aliphatic heterocycles. The van der Waals surface area contributed by atoms with E-state index >= 15 is 0 Å². The van der Waals surface area contributed by atoms with Crippen molar-refractivity contribution in [3.8, 4) is 12.3 Å². The number of terminal acetylenes is 1. The Kier molecular flexibility index (Phi) is 2.66. The van der Waals surface area contributed by atoms with Crippen molar-refractivity contribution in [3.05, 3.63) is 28.8 Å². The van der Waals surface area contributed by atoms with Gasteiger partial charge in [-0.2, -0.15) is 0 Å². The molecule has 0 unspecified atom stereocenters. The van der Waals surface area contributed by atoms with Crippen molar-refractivity contribution < 1.29 is 4.79 Å². The molecule has 1 aliphatic rings. The summed E-state index contributed by atoms with van der Waals surface area (Å²) >= 11 is 6.08. The lowest BCUT2D eigenvalue weighted by atomic mass is 10.0. The van der Waals surface area contributed by atoms with Gasteiger partial charge in [0, 0.05) is 6.42 Å². The van der Waals surface area contributed by atoms with Crippen LogP contribution in [0.1, 0.15) is 12.0 Å². The van der Waals surface area contributed by atoms with Crippen molar-refractivity contribution in [2.24, 2.45) is 0 Å². The molecule has 3 heteroatoms. The number of rotatable bonds is 1. The number of fused-ring (bicyclic) bond motifs is 1. The summed E-state index contributed by atoms with van der Waals surface area (Å²) in [6, 6.07) is 5.66. The predicted molar refractivity (Wildman–Crippen MR) is 61.0 cm³/mol. The van der Waals surface area contributed by atoms with Gasteiger partial charge in [-0.3, -0.25) is 9.69 Å². The number of amides is 1. The van der Waals surface area contributed by atoms with Gasteiger partial charge in [-0.05, 0) is 18.1 Å². The third-order valence-corrected chi connectivity index (χ3v) is 2.80. The van der Waals surface area contributed by atoms with E-state index in [-0.39, 0.29) is 12.5 Å². The van der Waals surface area contributed by atoms with Gasteiger partial charge in [-0.15, -0.1) is 6.42 Å². The summed E-state index contributed by atoms with van der Waals surface area (Å²) in [6.45, 7) is 0.287. The second kappa shape index (κ2) is 3.96. The molecule has 1 aromatic carbocycles. The topological polar surface area (TPSA) is 20.3 Å². The Balaban J connectivity index is 2.51. The molecule has 1 amide bonds. The third kappa shape index (κ3) is 1.71. The molecular formula is C12H10ClNO. The van der Waals surface area contributed by atoms with E-state index in [9.17, 15) is 4.79 Å². The first kappa shape index (κ1) is 10.1. The van der Waals surface area contributed by atoms with E-state index in [1.807, 2.05) is 12.1 Å². The predicted octanol–water partition coefficient (Wildman–Crippen LogP) is 2.25. The van der Waals surface area contributed by atoms with Crippen LogP contribution in [0, 0.1) is 12.3 Å². The third-order valence-electron chi connectivity index (χ3n) is 2.50. The normalized spacial score (nSPS) is 14.7. The van der Waals surface area contributed by atoms with Crippen molar-refractivity contribution >= 4 is 23.2 Å². The number of nitrogens with zero attached hydrogens (tertiary/aromatic N) is 1. The summed E-state index contributed by atoms with van der Waals surface area (Å²) < 4.78 is 0. The van der Waals surface area contributed by atoms with Crippen LogP contribution >= 0.6 is 11.6 Å². The zero-order chi connectivity index (χ0) is 10.8. The van der Waals surface area contributed by atoms with E-state index in [1.54, 1.807) is 11.0 Å². The lowest BCUT2D eigenvalue weighted by Gasteiger charge is -2.28. The standard InChI is InChI=1S/C12H10ClNO/c1-2-8-14-11(15)7-6-9-4-3-5-10(13)12(9)14/h1,3-5H,6-8H2. The number of benzene rings is 1. The van der Waals surface area contributed by atoms with Crippen LogP contribution in [0.25, 0.3) is 0 Å². The highest BCUT2D eigenvalue weighted by Gasteiger charge is 2.25. The zero-order valence-corrected chi connectivity index (χ0v) is 8.92. The summed E-state index contributed by atoms with van der Waals surface area (Å²) in [5, 5.41) is 0.593. The molecule has 0 bridgehead atoms. The number of para-hydroxylation sites is 1. The Labute approximate surface area is 93.8 Å². The van der Waals surface area contributed by atoms with Gasteiger partial charge < -0.3 is 0 Å². The van der Waals surface area contributed by atoms with Gasteiger partial charge in [-0.25, -0.2) is 0 Å². The minimum atomic E-state index is 0.0496. The summed E-state index contributed by atoms with van der Waals surface area (Å²) in [6.07, 6.45) is 6.50. The average molecular weight is 220 g/mol. The number of halogens is 1. The van der Waals surface area contributed by atoms with Gasteiger partial charge >= 0.3 is 0 Å². The fourth-order valence-corrected chi connectivity index (χ4v) is 2.12. The number of aryl methyl sites for hydroxylation is 1. The summed E-state index contributed by atoms with van der Waals surface area (Å²) in [4.78, 5) is 13.3. The molecule has 1 heterocycles. The van der Waals surface area contributed by atoms with E-state index in [4.69, 9.17) is 18.0 Å². The number of carbonyl (C=O) groups is 1. The fourth-order valence-electron chi connectivity index (χ4n) is 1.82. The van der Waals surface area contributed by atoms with Crippen LogP contribution in [0.15, 0.2) is 18.2 Å². The highest BCUT2D eigenvalue weighted by molar-refractivity contribution is 6.34. The van der Waals surface area contributed by atoms with E-state index in [0.29, 0.717) is 11.4 Å². The molecular weight excluding hydrogens is 210 g/mol. The molecule has 0 fully saturated rings. The van der Waals surface area contributed by atoms with Crippen molar-refractivity contribution in [1.82, 2.24) is 0 Å². The summed E-state index contributed by atoms with van der Waals surface area (Å²) in [5.41, 5.74) is 1.88. The van der Waals surface area contributed by atoms with E-state index in [1.165, 1.54) is 0 Å². The van der Waals surface area contributed by atoms with E-state index in [0.717, 1.165) is 17.7 Å². The number of hydrogen-bond acceptors (Lipinski definition) is 1. The second-order valence-electron chi connectivity index (χ2n) is 3.43. The molecule has 0 aliphatic carbocycles. The van der Waals surface area contributed by atoms with Crippen LogP contribution in [-0.2, 0) is 11.2 Å². The average Bonchev–Trinajstić information content (AvgIpc) is 2.23. The minimum Gasteiger partial charge on any atom is -0.299 e. The van der Waals surface area contributed by atoms with Gasteiger partial charge in [0.25, 0.3) is 0 Å². The monoisotopic (exact) mass is 219 g/mol. The van der Waals surface area contributed by atoms with Crippen molar-refractivity contribution in [1.29, 1.82) is 0 Å². The number of hydrogen-bond donors (Lipinski definition) is 0. The molecule has 2 nitrogen and oxygen atoms in total. The summed E-state index contributed by atoms with van der Waals surface area (Å²) in [5.74, 6) is 2.53. The molecule has 2 rings (SSSR count). The molecule has 0 radical (unpaired) electrons. The van der Waals surface area contributed by atoms with Crippen LogP contribution in [0.5, 0.6) is 0 Å². The number of carbonyl (C=O) groups excluding carboxylic acids is 1. The van der Waals surface area contributed by atoms with Gasteiger partial charge in [0.2, 0.25) is 5.91 Å². The van der Waals surface area contributed by atoms with Gasteiger partial charge in [0.1, 0.15) is 0 Å². The van der Waals surface area contributed by atoms with Crippen molar-refractivity contribution in [2.45, 2.75) is 12.8 Å². The molecule has 15 heavy (non-hydrogen) atoms. The highest BCUT2D eigenvalue weighted by Crippen LogP contribution is 2.34. The lowest BCUT2D eigenvalue weighted by Crippen LogP contribution is -2.35. The largest absolute Gasteiger partial charge is 0.299 e. The Morgan fingerprint density at radius 3 is 3.00 bits per heavy atom. The number of anilines is 1. The summed E-state index contributed by atoms with van der Waals surface area (Å²) in [7, 11) is 0. The maximum Gasteiger partial charge on any atom is 0.228 e. The maximum atomic E-state index is 11.7. The van der Waals surface area contributed by atoms with Crippen LogP contribution in [0.4, 0.5) is 5.69 Å². The second-order valence-corrected chi connectivity index (χ2v) is 3.84. The molecule has 76 valence electrons. The van der Waals surface area contributed by atoms with Crippen LogP contribution in [0.2, 0.25) is 5.02 Å². The Morgan fingerprint density at radius 1 is 1.47 bits per heavy atom. The molecule has 0 N–H and O–H groups in total. The Hall–Kier alpha value is -1.46. The molecule has 0 spiro atoms. The van der Waals surface area contributed by atoms with Crippen LogP contribution in [0.3, 0.4) is 0 Å². The highest BCUT2D eigenvalue weighted by atomic mass is 35.5. The van der Waals surface area contributed by atoms with Crippen LogP contribution < -0.4 is 4.90 Å². The lowest BCUT2D eigenvalue weighted by molar-refractivity contribution is -0.118. The first-order valence-corrected chi connectivity index (χ1v) is 5.13. The van der Waals surface area contributed by atoms with Crippen molar-refractivity contribution in [3.63, 3.8) is 0 Å². The zero-order valence-electron chi connectivity index (χ0n) is 8.16. The van der Waals surface area contributed by atoms with Gasteiger partial charge in [0.05, 0.1) is 17.3 Å². The first-order valence-electron chi connectivity index (χ1n) is 4.75. The molecule has 0 atom stereocenters. The van der Waals surface area contributed by atoms with Gasteiger partial charge in [-0.1, -0.05) is 29.7 Å². The van der Waals surface area contributed by atoms with E-state index < -0.39 is 0 Å². The molecule has 0 aromatic heterocycles. The molecule has 0 saturated carbocycles. The first-order chi connectivity index (χ1) is 7.24. The van der Waals surface area contributed by atoms with Crippen LogP contribution in [-0.4, -0.2) is 12.5 Å². The Bertz CT molecular complexity index is 447. The quantitative estimate of drug-likeness (QED) is 0.664. The van der Waals surface area contributed by atoms with Gasteiger partial charge in [0.15, 0.2) is 0 Å². The molecule has 0 saturated heterocycles. The fraction of sp³-hybridized carbons (Fsp3) is 0.250.